The van der Waals surface area contributed by atoms with Crippen LogP contribution >= 0.6 is 0 Å². The third-order valence-corrected chi connectivity index (χ3v) is 5.77. The highest BCUT2D eigenvalue weighted by Gasteiger charge is 2.44. The first kappa shape index (κ1) is 15.3. The molecule has 0 radical (unpaired) electrons. The Hall–Kier alpha value is -0.120. The van der Waals surface area contributed by atoms with E-state index in [1.807, 2.05) is 6.92 Å². The lowest BCUT2D eigenvalue weighted by Gasteiger charge is -2.45. The first-order chi connectivity index (χ1) is 8.80. The predicted molar refractivity (Wildman–Crippen MR) is 75.5 cm³/mol. The van der Waals surface area contributed by atoms with E-state index < -0.39 is 5.79 Å². The maximum Gasteiger partial charge on any atom is 0.162 e. The van der Waals surface area contributed by atoms with E-state index in [4.69, 9.17) is 4.74 Å². The van der Waals surface area contributed by atoms with Gasteiger partial charge in [0, 0.05) is 5.92 Å². The molecule has 0 spiro atoms. The molecule has 1 heterocycles. The molecule has 0 bridgehead atoms. The molecule has 19 heavy (non-hydrogen) atoms. The highest BCUT2D eigenvalue weighted by atomic mass is 16.5. The highest BCUT2D eigenvalue weighted by molar-refractivity contribution is 4.91. The highest BCUT2D eigenvalue weighted by Crippen LogP contribution is 2.47. The van der Waals surface area contributed by atoms with Gasteiger partial charge in [-0.3, -0.25) is 0 Å². The minimum Gasteiger partial charge on any atom is -0.378 e. The van der Waals surface area contributed by atoms with Gasteiger partial charge in [-0.15, -0.1) is 0 Å². The molecule has 1 aliphatic heterocycles. The molecule has 4 unspecified atom stereocenters. The van der Waals surface area contributed by atoms with Crippen LogP contribution in [0.15, 0.2) is 0 Å². The standard InChI is InChI=1S/C16H30O3/c1-10-5-7-14(12(3)16(4,17)18)15-9-19-11(2)6-8-13(10)15/h10-15,17-18H,5-9H2,1-4H3/t10-,11?,12?,13?,14+,15?/m1/s1. The third kappa shape index (κ3) is 3.32. The molecule has 2 rings (SSSR count). The van der Waals surface area contributed by atoms with Gasteiger partial charge in [-0.05, 0) is 56.8 Å². The van der Waals surface area contributed by atoms with Crippen LogP contribution in [0.1, 0.15) is 53.4 Å². The van der Waals surface area contributed by atoms with E-state index in [1.54, 1.807) is 0 Å². The summed E-state index contributed by atoms with van der Waals surface area (Å²) in [5.74, 6) is 0.617. The minimum absolute atomic E-state index is 0.0930. The van der Waals surface area contributed by atoms with E-state index in [9.17, 15) is 10.2 Å². The topological polar surface area (TPSA) is 49.7 Å². The van der Waals surface area contributed by atoms with Crippen LogP contribution in [0.3, 0.4) is 0 Å². The van der Waals surface area contributed by atoms with E-state index >= 15 is 0 Å². The molecule has 3 heteroatoms. The summed E-state index contributed by atoms with van der Waals surface area (Å²) in [5.41, 5.74) is 0. The lowest BCUT2D eigenvalue weighted by Crippen LogP contribution is -2.45. The Morgan fingerprint density at radius 1 is 1.05 bits per heavy atom. The van der Waals surface area contributed by atoms with Crippen molar-refractivity contribution in [2.75, 3.05) is 6.61 Å². The average Bonchev–Trinajstić information content (AvgIpc) is 2.51. The van der Waals surface area contributed by atoms with Crippen LogP contribution in [-0.4, -0.2) is 28.7 Å². The number of aliphatic hydroxyl groups is 2. The molecule has 112 valence electrons. The largest absolute Gasteiger partial charge is 0.378 e. The molecule has 1 aliphatic carbocycles. The van der Waals surface area contributed by atoms with Crippen molar-refractivity contribution in [1.82, 2.24) is 0 Å². The maximum atomic E-state index is 9.93. The summed E-state index contributed by atoms with van der Waals surface area (Å²) >= 11 is 0. The molecule has 1 saturated heterocycles. The summed E-state index contributed by atoms with van der Waals surface area (Å²) in [6.45, 7) is 8.80. The van der Waals surface area contributed by atoms with Gasteiger partial charge in [0.15, 0.2) is 5.79 Å². The van der Waals surface area contributed by atoms with E-state index in [1.165, 1.54) is 19.8 Å². The van der Waals surface area contributed by atoms with Crippen molar-refractivity contribution in [3.05, 3.63) is 0 Å². The monoisotopic (exact) mass is 270 g/mol. The number of ether oxygens (including phenoxy) is 1. The van der Waals surface area contributed by atoms with Crippen molar-refractivity contribution in [1.29, 1.82) is 0 Å². The molecule has 0 aromatic carbocycles. The second-order valence-corrected chi connectivity index (χ2v) is 7.15. The maximum absolute atomic E-state index is 9.93. The second-order valence-electron chi connectivity index (χ2n) is 7.15. The summed E-state index contributed by atoms with van der Waals surface area (Å²) in [4.78, 5) is 0. The number of fused-ring (bicyclic) bond motifs is 1. The smallest absolute Gasteiger partial charge is 0.162 e. The first-order valence-electron chi connectivity index (χ1n) is 7.87. The van der Waals surface area contributed by atoms with E-state index in [0.29, 0.717) is 23.9 Å². The van der Waals surface area contributed by atoms with Crippen LogP contribution in [0.25, 0.3) is 0 Å². The van der Waals surface area contributed by atoms with Gasteiger partial charge in [0.25, 0.3) is 0 Å². The van der Waals surface area contributed by atoms with Crippen molar-refractivity contribution >= 4 is 0 Å². The number of hydrogen-bond acceptors (Lipinski definition) is 3. The first-order valence-corrected chi connectivity index (χ1v) is 7.87. The van der Waals surface area contributed by atoms with E-state index in [2.05, 4.69) is 13.8 Å². The van der Waals surface area contributed by atoms with Gasteiger partial charge in [-0.25, -0.2) is 0 Å². The van der Waals surface area contributed by atoms with Crippen molar-refractivity contribution in [3.8, 4) is 0 Å². The van der Waals surface area contributed by atoms with Gasteiger partial charge in [0.1, 0.15) is 0 Å². The van der Waals surface area contributed by atoms with Gasteiger partial charge in [-0.1, -0.05) is 20.3 Å². The Morgan fingerprint density at radius 3 is 2.37 bits per heavy atom. The minimum atomic E-state index is -1.58. The molecule has 0 amide bonds. The predicted octanol–water partition coefficient (Wildman–Crippen LogP) is 2.80. The second kappa shape index (κ2) is 5.71. The van der Waals surface area contributed by atoms with Crippen molar-refractivity contribution in [3.63, 3.8) is 0 Å². The molecule has 1 saturated carbocycles. The fourth-order valence-electron chi connectivity index (χ4n) is 4.18. The fourth-order valence-corrected chi connectivity index (χ4v) is 4.18. The van der Waals surface area contributed by atoms with Gasteiger partial charge >= 0.3 is 0 Å². The molecule has 3 nitrogen and oxygen atoms in total. The zero-order valence-electron chi connectivity index (χ0n) is 12.8. The Kier molecular flexibility index (Phi) is 4.59. The summed E-state index contributed by atoms with van der Waals surface area (Å²) in [6.07, 6.45) is 5.02. The molecule has 0 aromatic rings. The van der Waals surface area contributed by atoms with Gasteiger partial charge < -0.3 is 14.9 Å². The van der Waals surface area contributed by atoms with Gasteiger partial charge in [0.05, 0.1) is 12.7 Å². The summed E-state index contributed by atoms with van der Waals surface area (Å²) < 4.78 is 5.95. The van der Waals surface area contributed by atoms with Crippen molar-refractivity contribution < 1.29 is 14.9 Å². The molecule has 2 N–H and O–H groups in total. The van der Waals surface area contributed by atoms with Crippen LogP contribution < -0.4 is 0 Å². The Bertz CT molecular complexity index is 297. The van der Waals surface area contributed by atoms with Crippen LogP contribution in [0, 0.1) is 29.6 Å². The SMILES string of the molecule is CC1CCC2C(CO1)[C@H](C(C)C(C)(O)O)CC[C@H]2C. The summed E-state index contributed by atoms with van der Waals surface area (Å²) in [5, 5.41) is 19.9. The van der Waals surface area contributed by atoms with Crippen LogP contribution in [0.5, 0.6) is 0 Å². The zero-order valence-corrected chi connectivity index (χ0v) is 12.8. The molecular formula is C16H30O3. The Labute approximate surface area is 117 Å². The zero-order chi connectivity index (χ0) is 14.2. The van der Waals surface area contributed by atoms with Crippen molar-refractivity contribution in [2.45, 2.75) is 65.3 Å². The summed E-state index contributed by atoms with van der Waals surface area (Å²) in [6, 6.07) is 0. The fraction of sp³-hybridized carbons (Fsp3) is 1.00. The lowest BCUT2D eigenvalue weighted by atomic mass is 9.62. The number of hydrogen-bond donors (Lipinski definition) is 2. The van der Waals surface area contributed by atoms with Crippen LogP contribution in [0.2, 0.25) is 0 Å². The van der Waals surface area contributed by atoms with Crippen LogP contribution in [-0.2, 0) is 4.74 Å². The molecule has 0 aromatic heterocycles. The lowest BCUT2D eigenvalue weighted by molar-refractivity contribution is -0.205. The van der Waals surface area contributed by atoms with Gasteiger partial charge in [-0.2, -0.15) is 0 Å². The quantitative estimate of drug-likeness (QED) is 0.759. The third-order valence-electron chi connectivity index (χ3n) is 5.77. The molecule has 2 fully saturated rings. The molecule has 6 atom stereocenters. The number of rotatable bonds is 2. The molecule has 2 aliphatic rings. The molecular weight excluding hydrogens is 240 g/mol. The summed E-state index contributed by atoms with van der Waals surface area (Å²) in [7, 11) is 0. The Balaban J connectivity index is 2.16. The van der Waals surface area contributed by atoms with Gasteiger partial charge in [0.2, 0.25) is 0 Å². The van der Waals surface area contributed by atoms with Crippen LogP contribution in [0.4, 0.5) is 0 Å². The van der Waals surface area contributed by atoms with Crippen molar-refractivity contribution in [2.24, 2.45) is 29.6 Å². The Morgan fingerprint density at radius 2 is 1.74 bits per heavy atom. The van der Waals surface area contributed by atoms with E-state index in [-0.39, 0.29) is 5.92 Å². The normalized spacial score (nSPS) is 42.3. The average molecular weight is 270 g/mol. The van der Waals surface area contributed by atoms with E-state index in [0.717, 1.165) is 25.4 Å².